The summed E-state index contributed by atoms with van der Waals surface area (Å²) in [6.07, 6.45) is 0. The molecule has 0 fully saturated rings. The number of nitrogens with one attached hydrogen (secondary N) is 2. The summed E-state index contributed by atoms with van der Waals surface area (Å²) in [5, 5.41) is 2.97. The summed E-state index contributed by atoms with van der Waals surface area (Å²) in [6.45, 7) is -0.448. The molecule has 0 bridgehead atoms. The van der Waals surface area contributed by atoms with Gasteiger partial charge >= 0.3 is 6.61 Å². The van der Waals surface area contributed by atoms with E-state index in [0.717, 1.165) is 4.47 Å². The SMILES string of the molecule is CCS(=O)(=O)NCCNCc1cc(Br)ccc1OC(F)F. The summed E-state index contributed by atoms with van der Waals surface area (Å²) < 4.78 is 54.5. The van der Waals surface area contributed by atoms with Gasteiger partial charge in [-0.1, -0.05) is 15.9 Å². The monoisotopic (exact) mass is 386 g/mol. The first kappa shape index (κ1) is 18.3. The molecule has 0 saturated carbocycles. The van der Waals surface area contributed by atoms with Gasteiger partial charge < -0.3 is 10.1 Å². The molecule has 0 amide bonds. The molecule has 0 spiro atoms. The predicted molar refractivity (Wildman–Crippen MR) is 79.9 cm³/mol. The molecule has 0 aliphatic heterocycles. The zero-order valence-corrected chi connectivity index (χ0v) is 13.8. The molecular formula is C12H17BrF2N2O3S. The van der Waals surface area contributed by atoms with Crippen LogP contribution in [0.25, 0.3) is 0 Å². The standard InChI is InChI=1S/C12H17BrF2N2O3S/c1-2-21(18,19)17-6-5-16-8-9-7-10(13)3-4-11(9)20-12(14)15/h3-4,7,12,16-17H,2,5-6,8H2,1H3. The fourth-order valence-electron chi connectivity index (χ4n) is 1.52. The smallest absolute Gasteiger partial charge is 0.387 e. The Morgan fingerprint density at radius 3 is 2.67 bits per heavy atom. The number of halogens is 3. The van der Waals surface area contributed by atoms with Crippen molar-refractivity contribution in [2.45, 2.75) is 20.1 Å². The Morgan fingerprint density at radius 2 is 2.05 bits per heavy atom. The van der Waals surface area contributed by atoms with Gasteiger partial charge in [-0.2, -0.15) is 8.78 Å². The second-order valence-corrected chi connectivity index (χ2v) is 7.12. The highest BCUT2D eigenvalue weighted by Gasteiger charge is 2.10. The Balaban J connectivity index is 2.49. The Hall–Kier alpha value is -0.770. The van der Waals surface area contributed by atoms with Gasteiger partial charge in [0.25, 0.3) is 0 Å². The molecule has 2 N–H and O–H groups in total. The van der Waals surface area contributed by atoms with Gasteiger partial charge in [-0.3, -0.25) is 0 Å². The highest BCUT2D eigenvalue weighted by Crippen LogP contribution is 2.24. The van der Waals surface area contributed by atoms with E-state index in [-0.39, 0.29) is 24.6 Å². The van der Waals surface area contributed by atoms with Crippen LogP contribution < -0.4 is 14.8 Å². The largest absolute Gasteiger partial charge is 0.434 e. The molecule has 9 heteroatoms. The maximum absolute atomic E-state index is 12.3. The number of hydrogen-bond acceptors (Lipinski definition) is 4. The van der Waals surface area contributed by atoms with Gasteiger partial charge in [0.05, 0.1) is 5.75 Å². The number of hydrogen-bond donors (Lipinski definition) is 2. The van der Waals surface area contributed by atoms with Gasteiger partial charge in [0, 0.05) is 29.7 Å². The molecule has 5 nitrogen and oxygen atoms in total. The fraction of sp³-hybridized carbons (Fsp3) is 0.500. The highest BCUT2D eigenvalue weighted by molar-refractivity contribution is 9.10. The van der Waals surface area contributed by atoms with Crippen molar-refractivity contribution in [2.75, 3.05) is 18.8 Å². The molecule has 0 atom stereocenters. The summed E-state index contributed by atoms with van der Waals surface area (Å²) in [5.41, 5.74) is 0.558. The molecule has 0 saturated heterocycles. The fourth-order valence-corrected chi connectivity index (χ4v) is 2.54. The topological polar surface area (TPSA) is 67.4 Å². The van der Waals surface area contributed by atoms with Crippen LogP contribution >= 0.6 is 15.9 Å². The molecule has 0 unspecified atom stereocenters. The Bertz CT molecular complexity index is 555. The highest BCUT2D eigenvalue weighted by atomic mass is 79.9. The lowest BCUT2D eigenvalue weighted by Crippen LogP contribution is -2.32. The molecule has 0 radical (unpaired) electrons. The van der Waals surface area contributed by atoms with Crippen molar-refractivity contribution in [1.82, 2.24) is 10.0 Å². The van der Waals surface area contributed by atoms with E-state index in [4.69, 9.17) is 0 Å². The lowest BCUT2D eigenvalue weighted by Gasteiger charge is -2.12. The molecule has 0 aliphatic carbocycles. The molecule has 0 aromatic heterocycles. The maximum atomic E-state index is 12.3. The summed E-state index contributed by atoms with van der Waals surface area (Å²) >= 11 is 3.26. The van der Waals surface area contributed by atoms with Crippen LogP contribution in [0.5, 0.6) is 5.75 Å². The van der Waals surface area contributed by atoms with Gasteiger partial charge in [0.1, 0.15) is 5.75 Å². The van der Waals surface area contributed by atoms with E-state index in [9.17, 15) is 17.2 Å². The maximum Gasteiger partial charge on any atom is 0.387 e. The molecule has 0 heterocycles. The minimum atomic E-state index is -3.22. The normalized spacial score (nSPS) is 11.9. The van der Waals surface area contributed by atoms with E-state index < -0.39 is 16.6 Å². The van der Waals surface area contributed by atoms with Crippen molar-refractivity contribution < 1.29 is 21.9 Å². The van der Waals surface area contributed by atoms with Gasteiger partial charge in [-0.15, -0.1) is 0 Å². The van der Waals surface area contributed by atoms with E-state index >= 15 is 0 Å². The van der Waals surface area contributed by atoms with Crippen LogP contribution in [0.3, 0.4) is 0 Å². The lowest BCUT2D eigenvalue weighted by molar-refractivity contribution is -0.0505. The Morgan fingerprint density at radius 1 is 1.33 bits per heavy atom. The second kappa shape index (κ2) is 8.62. The third kappa shape index (κ3) is 7.16. The molecule has 0 aliphatic rings. The van der Waals surface area contributed by atoms with Crippen molar-refractivity contribution in [3.8, 4) is 5.75 Å². The van der Waals surface area contributed by atoms with Gasteiger partial charge in [-0.25, -0.2) is 13.1 Å². The zero-order chi connectivity index (χ0) is 15.9. The zero-order valence-electron chi connectivity index (χ0n) is 11.4. The number of ether oxygens (including phenoxy) is 1. The Kier molecular flexibility index (Phi) is 7.50. The van der Waals surface area contributed by atoms with Gasteiger partial charge in [0.15, 0.2) is 0 Å². The quantitative estimate of drug-likeness (QED) is 0.637. The van der Waals surface area contributed by atoms with Crippen LogP contribution in [0.2, 0.25) is 0 Å². The van der Waals surface area contributed by atoms with Crippen LogP contribution in [0.4, 0.5) is 8.78 Å². The van der Waals surface area contributed by atoms with Crippen molar-refractivity contribution in [2.24, 2.45) is 0 Å². The van der Waals surface area contributed by atoms with Crippen LogP contribution in [0.15, 0.2) is 22.7 Å². The summed E-state index contributed by atoms with van der Waals surface area (Å²) in [6, 6.07) is 4.73. The molecule has 21 heavy (non-hydrogen) atoms. The average Bonchev–Trinajstić information content (AvgIpc) is 2.40. The van der Waals surface area contributed by atoms with Gasteiger partial charge in [-0.05, 0) is 25.1 Å². The van der Waals surface area contributed by atoms with Crippen molar-refractivity contribution >= 4 is 26.0 Å². The average molecular weight is 387 g/mol. The number of rotatable bonds is 9. The van der Waals surface area contributed by atoms with E-state index in [0.29, 0.717) is 12.1 Å². The molecule has 1 aromatic rings. The van der Waals surface area contributed by atoms with Crippen molar-refractivity contribution in [1.29, 1.82) is 0 Å². The van der Waals surface area contributed by atoms with Crippen LogP contribution in [-0.2, 0) is 16.6 Å². The van der Waals surface area contributed by atoms with Crippen LogP contribution in [0, 0.1) is 0 Å². The lowest BCUT2D eigenvalue weighted by atomic mass is 10.2. The minimum absolute atomic E-state index is 0.0189. The van der Waals surface area contributed by atoms with E-state index in [1.54, 1.807) is 19.1 Å². The Labute approximate surface area is 131 Å². The predicted octanol–water partition coefficient (Wildman–Crippen LogP) is 2.08. The molecule has 1 aromatic carbocycles. The number of sulfonamides is 1. The third-order valence-corrected chi connectivity index (χ3v) is 4.46. The van der Waals surface area contributed by atoms with Crippen LogP contribution in [-0.4, -0.2) is 33.9 Å². The van der Waals surface area contributed by atoms with E-state index in [2.05, 4.69) is 30.7 Å². The van der Waals surface area contributed by atoms with E-state index in [1.165, 1.54) is 6.07 Å². The minimum Gasteiger partial charge on any atom is -0.434 e. The van der Waals surface area contributed by atoms with Crippen molar-refractivity contribution in [3.05, 3.63) is 28.2 Å². The summed E-state index contributed by atoms with van der Waals surface area (Å²) in [7, 11) is -3.22. The summed E-state index contributed by atoms with van der Waals surface area (Å²) in [4.78, 5) is 0. The first-order chi connectivity index (χ1) is 9.84. The van der Waals surface area contributed by atoms with Crippen molar-refractivity contribution in [3.63, 3.8) is 0 Å². The van der Waals surface area contributed by atoms with Gasteiger partial charge in [0.2, 0.25) is 10.0 Å². The van der Waals surface area contributed by atoms with Crippen LogP contribution in [0.1, 0.15) is 12.5 Å². The first-order valence-corrected chi connectivity index (χ1v) is 8.70. The molecular weight excluding hydrogens is 370 g/mol. The molecule has 120 valence electrons. The first-order valence-electron chi connectivity index (χ1n) is 6.25. The number of benzene rings is 1. The van der Waals surface area contributed by atoms with E-state index in [1.807, 2.05) is 0 Å². The second-order valence-electron chi connectivity index (χ2n) is 4.11. The molecule has 1 rings (SSSR count). The number of alkyl halides is 2. The third-order valence-electron chi connectivity index (χ3n) is 2.56. The summed E-state index contributed by atoms with van der Waals surface area (Å²) in [5.74, 6) is 0.111.